The number of aromatic carboxylic acids is 1. The van der Waals surface area contributed by atoms with Crippen LogP contribution >= 0.6 is 11.3 Å². The first-order valence-corrected chi connectivity index (χ1v) is 7.83. The zero-order chi connectivity index (χ0) is 15.6. The Bertz CT molecular complexity index is 548. The maximum atomic E-state index is 12.1. The molecule has 2 heterocycles. The van der Waals surface area contributed by atoms with Gasteiger partial charge in [-0.25, -0.2) is 0 Å². The molecule has 7 heteroatoms. The number of likely N-dealkylation sites (N-methyl/N-ethyl adjacent to an activating group) is 1. The number of nitrogens with zero attached hydrogens (tertiary/aromatic N) is 1. The molecule has 0 aliphatic carbocycles. The molecule has 1 aromatic rings. The number of carboxylic acid groups (broad SMARTS) is 1. The molecule has 0 atom stereocenters. The van der Waals surface area contributed by atoms with Crippen molar-refractivity contribution < 1.29 is 19.6 Å². The Labute approximate surface area is 128 Å². The smallest absolute Gasteiger partial charge is 0.280 e. The van der Waals surface area contributed by atoms with Gasteiger partial charge in [0.1, 0.15) is 5.00 Å². The molecular formula is C14H21N3O3S. The number of anilines is 1. The second-order valence-electron chi connectivity index (χ2n) is 5.55. The van der Waals surface area contributed by atoms with Gasteiger partial charge in [0.05, 0.1) is 19.1 Å². The van der Waals surface area contributed by atoms with E-state index in [1.165, 1.54) is 16.2 Å². The molecular weight excluding hydrogens is 290 g/mol. The third-order valence-electron chi connectivity index (χ3n) is 3.95. The van der Waals surface area contributed by atoms with Crippen LogP contribution in [-0.4, -0.2) is 56.5 Å². The SMILES string of the molecule is Cc1sc(NC(=O)C[NH+]2CCN(C)CC2)c(C(=O)[O-])c1C. The highest BCUT2D eigenvalue weighted by Crippen LogP contribution is 2.31. The molecule has 6 nitrogen and oxygen atoms in total. The number of carbonyl (C=O) groups excluding carboxylic acids is 2. The van der Waals surface area contributed by atoms with Crippen LogP contribution in [0, 0.1) is 13.8 Å². The van der Waals surface area contributed by atoms with Crippen molar-refractivity contribution in [3.8, 4) is 0 Å². The van der Waals surface area contributed by atoms with Crippen molar-refractivity contribution in [2.45, 2.75) is 13.8 Å². The lowest BCUT2D eigenvalue weighted by Crippen LogP contribution is -3.15. The number of hydrogen-bond donors (Lipinski definition) is 2. The third-order valence-corrected chi connectivity index (χ3v) is 5.07. The van der Waals surface area contributed by atoms with E-state index in [1.54, 1.807) is 6.92 Å². The number of amides is 1. The summed E-state index contributed by atoms with van der Waals surface area (Å²) in [5, 5.41) is 14.3. The summed E-state index contributed by atoms with van der Waals surface area (Å²) in [4.78, 5) is 27.7. The van der Waals surface area contributed by atoms with Crippen LogP contribution in [0.25, 0.3) is 0 Å². The molecule has 2 N–H and O–H groups in total. The van der Waals surface area contributed by atoms with Gasteiger partial charge in [-0.2, -0.15) is 0 Å². The summed E-state index contributed by atoms with van der Waals surface area (Å²) in [5.41, 5.74) is 0.779. The quantitative estimate of drug-likeness (QED) is 0.709. The van der Waals surface area contributed by atoms with Gasteiger partial charge in [-0.1, -0.05) is 0 Å². The van der Waals surface area contributed by atoms with Crippen LogP contribution in [0.2, 0.25) is 0 Å². The summed E-state index contributed by atoms with van der Waals surface area (Å²) < 4.78 is 0. The van der Waals surface area contributed by atoms with E-state index >= 15 is 0 Å². The van der Waals surface area contributed by atoms with Crippen LogP contribution in [0.4, 0.5) is 5.00 Å². The number of carbonyl (C=O) groups is 2. The van der Waals surface area contributed by atoms with Gasteiger partial charge in [-0.3, -0.25) is 9.69 Å². The second-order valence-corrected chi connectivity index (χ2v) is 6.78. The van der Waals surface area contributed by atoms with Gasteiger partial charge in [-0.05, 0) is 26.5 Å². The maximum absolute atomic E-state index is 12.1. The monoisotopic (exact) mass is 311 g/mol. The first-order valence-electron chi connectivity index (χ1n) is 7.01. The van der Waals surface area contributed by atoms with Crippen molar-refractivity contribution in [2.75, 3.05) is 45.1 Å². The topological polar surface area (TPSA) is 76.9 Å². The Balaban J connectivity index is 2.00. The first-order chi connectivity index (χ1) is 9.88. The van der Waals surface area contributed by atoms with E-state index in [0.29, 0.717) is 17.1 Å². The minimum atomic E-state index is -1.24. The number of piperazine rings is 1. The predicted molar refractivity (Wildman–Crippen MR) is 79.8 cm³/mol. The Kier molecular flexibility index (Phi) is 4.97. The fraction of sp³-hybridized carbons (Fsp3) is 0.571. The van der Waals surface area contributed by atoms with Gasteiger partial charge in [0, 0.05) is 23.5 Å². The van der Waals surface area contributed by atoms with Crippen molar-refractivity contribution in [1.82, 2.24) is 4.90 Å². The van der Waals surface area contributed by atoms with Crippen LogP contribution in [0.1, 0.15) is 20.8 Å². The molecule has 1 aliphatic heterocycles. The highest BCUT2D eigenvalue weighted by molar-refractivity contribution is 7.16. The lowest BCUT2D eigenvalue weighted by Gasteiger charge is -2.29. The van der Waals surface area contributed by atoms with Crippen LogP contribution in [0.3, 0.4) is 0 Å². The number of quaternary nitrogens is 1. The first kappa shape index (κ1) is 15.9. The van der Waals surface area contributed by atoms with Crippen molar-refractivity contribution >= 4 is 28.2 Å². The maximum Gasteiger partial charge on any atom is 0.280 e. The highest BCUT2D eigenvalue weighted by atomic mass is 32.1. The molecule has 0 saturated carbocycles. The molecule has 0 unspecified atom stereocenters. The Morgan fingerprint density at radius 3 is 2.52 bits per heavy atom. The normalized spacial score (nSPS) is 16.9. The van der Waals surface area contributed by atoms with Gasteiger partial charge in [0.25, 0.3) is 5.91 Å². The van der Waals surface area contributed by atoms with E-state index in [1.807, 2.05) is 6.92 Å². The second kappa shape index (κ2) is 6.55. The molecule has 0 aromatic carbocycles. The Hall–Kier alpha value is -1.44. The molecule has 116 valence electrons. The molecule has 0 radical (unpaired) electrons. The number of carboxylic acids is 1. The standard InChI is InChI=1S/C14H21N3O3S/c1-9-10(2)21-13(12(9)14(19)20)15-11(18)8-17-6-4-16(3)5-7-17/h4-8H2,1-3H3,(H,15,18)(H,19,20). The van der Waals surface area contributed by atoms with E-state index in [9.17, 15) is 14.7 Å². The molecule has 0 bridgehead atoms. The largest absolute Gasteiger partial charge is 0.545 e. The minimum absolute atomic E-state index is 0.110. The van der Waals surface area contributed by atoms with E-state index < -0.39 is 5.97 Å². The van der Waals surface area contributed by atoms with Gasteiger partial charge in [0.15, 0.2) is 6.54 Å². The summed E-state index contributed by atoms with van der Waals surface area (Å²) in [7, 11) is 2.07. The highest BCUT2D eigenvalue weighted by Gasteiger charge is 2.22. The van der Waals surface area contributed by atoms with Crippen LogP contribution in [-0.2, 0) is 4.79 Å². The van der Waals surface area contributed by atoms with Gasteiger partial charge < -0.3 is 20.1 Å². The number of nitrogens with one attached hydrogen (secondary N) is 2. The fourth-order valence-corrected chi connectivity index (χ4v) is 3.53. The summed E-state index contributed by atoms with van der Waals surface area (Å²) in [5.74, 6) is -1.38. The number of aryl methyl sites for hydroxylation is 1. The number of thiophene rings is 1. The van der Waals surface area contributed by atoms with Gasteiger partial charge in [0.2, 0.25) is 0 Å². The van der Waals surface area contributed by atoms with Crippen LogP contribution < -0.4 is 15.3 Å². The predicted octanol–water partition coefficient (Wildman–Crippen LogP) is -1.50. The van der Waals surface area contributed by atoms with Crippen LogP contribution in [0.5, 0.6) is 0 Å². The van der Waals surface area contributed by atoms with Crippen molar-refractivity contribution in [3.05, 3.63) is 16.0 Å². The Morgan fingerprint density at radius 2 is 1.95 bits per heavy atom. The van der Waals surface area contributed by atoms with E-state index in [0.717, 1.165) is 31.1 Å². The lowest BCUT2D eigenvalue weighted by molar-refractivity contribution is -0.896. The van der Waals surface area contributed by atoms with Crippen molar-refractivity contribution in [3.63, 3.8) is 0 Å². The van der Waals surface area contributed by atoms with Gasteiger partial charge in [-0.15, -0.1) is 11.3 Å². The summed E-state index contributed by atoms with van der Waals surface area (Å²) >= 11 is 1.29. The molecule has 1 aliphatic rings. The van der Waals surface area contributed by atoms with Crippen molar-refractivity contribution in [2.24, 2.45) is 0 Å². The van der Waals surface area contributed by atoms with Gasteiger partial charge >= 0.3 is 0 Å². The summed E-state index contributed by atoms with van der Waals surface area (Å²) in [6, 6.07) is 0. The lowest BCUT2D eigenvalue weighted by atomic mass is 10.1. The minimum Gasteiger partial charge on any atom is -0.545 e. The van der Waals surface area contributed by atoms with Crippen molar-refractivity contribution in [1.29, 1.82) is 0 Å². The summed E-state index contributed by atoms with van der Waals surface area (Å²) in [6.07, 6.45) is 0. The molecule has 1 aromatic heterocycles. The summed E-state index contributed by atoms with van der Waals surface area (Å²) in [6.45, 7) is 7.76. The molecule has 1 fully saturated rings. The third kappa shape index (κ3) is 3.81. The number of rotatable bonds is 4. The zero-order valence-electron chi connectivity index (χ0n) is 12.6. The number of hydrogen-bond acceptors (Lipinski definition) is 5. The molecule has 21 heavy (non-hydrogen) atoms. The van der Waals surface area contributed by atoms with Crippen LogP contribution in [0.15, 0.2) is 0 Å². The van der Waals surface area contributed by atoms with E-state index in [-0.39, 0.29) is 11.5 Å². The van der Waals surface area contributed by atoms with E-state index in [2.05, 4.69) is 17.3 Å². The fourth-order valence-electron chi connectivity index (χ4n) is 2.47. The molecule has 1 amide bonds. The zero-order valence-corrected chi connectivity index (χ0v) is 13.4. The van der Waals surface area contributed by atoms with E-state index in [4.69, 9.17) is 0 Å². The average Bonchev–Trinajstić information content (AvgIpc) is 2.67. The molecule has 0 spiro atoms. The average molecular weight is 311 g/mol. The molecule has 2 rings (SSSR count). The Morgan fingerprint density at radius 1 is 1.33 bits per heavy atom. The molecule has 1 saturated heterocycles.